The Balaban J connectivity index is 1.46. The quantitative estimate of drug-likeness (QED) is 0.480. The molecule has 5 rings (SSSR count). The van der Waals surface area contributed by atoms with Gasteiger partial charge in [0, 0.05) is 31.4 Å². The van der Waals surface area contributed by atoms with Crippen molar-refractivity contribution in [2.75, 3.05) is 29.9 Å². The maximum atomic E-state index is 13.4. The molecular formula is C24H22FN5O2. The first-order chi connectivity index (χ1) is 15.6. The zero-order valence-electron chi connectivity index (χ0n) is 17.6. The van der Waals surface area contributed by atoms with E-state index in [4.69, 9.17) is 4.52 Å². The van der Waals surface area contributed by atoms with Gasteiger partial charge in [-0.2, -0.15) is 4.98 Å². The lowest BCUT2D eigenvalue weighted by molar-refractivity contribution is -0.122. The second-order valence-electron chi connectivity index (χ2n) is 7.93. The Bertz CT molecular complexity index is 1240. The Morgan fingerprint density at radius 1 is 1.12 bits per heavy atom. The first-order valence-electron chi connectivity index (χ1n) is 10.6. The van der Waals surface area contributed by atoms with E-state index in [0.29, 0.717) is 29.2 Å². The van der Waals surface area contributed by atoms with E-state index in [-0.39, 0.29) is 17.6 Å². The number of carbonyl (C=O) groups excluding carboxylic acids is 1. The first-order valence-corrected chi connectivity index (χ1v) is 10.6. The van der Waals surface area contributed by atoms with Crippen LogP contribution in [0.25, 0.3) is 22.4 Å². The molecule has 162 valence electrons. The lowest BCUT2D eigenvalue weighted by atomic mass is 9.96. The maximum absolute atomic E-state index is 13.4. The van der Waals surface area contributed by atoms with Crippen molar-refractivity contribution in [1.82, 2.24) is 15.1 Å². The zero-order valence-corrected chi connectivity index (χ0v) is 17.6. The highest BCUT2D eigenvalue weighted by Gasteiger charge is 2.31. The van der Waals surface area contributed by atoms with Crippen LogP contribution in [0.5, 0.6) is 0 Å². The molecule has 0 aliphatic carbocycles. The largest absolute Gasteiger partial charge is 0.355 e. The Kier molecular flexibility index (Phi) is 5.26. The van der Waals surface area contributed by atoms with Gasteiger partial charge in [-0.1, -0.05) is 23.4 Å². The third kappa shape index (κ3) is 3.68. The number of hydrogen-bond donors (Lipinski definition) is 0. The summed E-state index contributed by atoms with van der Waals surface area (Å²) in [5.74, 6) is 0.275. The molecule has 0 N–H and O–H groups in total. The predicted octanol–water partition coefficient (Wildman–Crippen LogP) is 4.30. The number of halogens is 1. The number of para-hydroxylation sites is 1. The fourth-order valence-electron chi connectivity index (χ4n) is 4.24. The summed E-state index contributed by atoms with van der Waals surface area (Å²) in [7, 11) is 1.81. The molecule has 3 heterocycles. The molecule has 1 saturated heterocycles. The van der Waals surface area contributed by atoms with Crippen LogP contribution in [0.1, 0.15) is 12.8 Å². The average Bonchev–Trinajstić information content (AvgIpc) is 3.28. The fourth-order valence-corrected chi connectivity index (χ4v) is 4.24. The SMILES string of the molecule is CN(C(=O)[C@H]1CCCN(c2ncnc3onc(-c4ccc(F)cc4)c23)C1)c1ccccc1. The van der Waals surface area contributed by atoms with E-state index in [1.165, 1.54) is 18.5 Å². The van der Waals surface area contributed by atoms with E-state index >= 15 is 0 Å². The molecule has 0 unspecified atom stereocenters. The number of rotatable bonds is 4. The molecule has 0 saturated carbocycles. The molecule has 1 fully saturated rings. The van der Waals surface area contributed by atoms with Gasteiger partial charge in [-0.3, -0.25) is 4.79 Å². The molecule has 1 aliphatic heterocycles. The predicted molar refractivity (Wildman–Crippen MR) is 120 cm³/mol. The van der Waals surface area contributed by atoms with Crippen molar-refractivity contribution in [3.8, 4) is 11.3 Å². The zero-order chi connectivity index (χ0) is 22.1. The van der Waals surface area contributed by atoms with E-state index in [1.54, 1.807) is 17.0 Å². The number of nitrogens with zero attached hydrogens (tertiary/aromatic N) is 5. The summed E-state index contributed by atoms with van der Waals surface area (Å²) < 4.78 is 18.8. The van der Waals surface area contributed by atoms with Crippen molar-refractivity contribution >= 4 is 28.5 Å². The van der Waals surface area contributed by atoms with Crippen molar-refractivity contribution in [1.29, 1.82) is 0 Å². The minimum Gasteiger partial charge on any atom is -0.355 e. The van der Waals surface area contributed by atoms with Crippen LogP contribution in [0.2, 0.25) is 0 Å². The second-order valence-corrected chi connectivity index (χ2v) is 7.93. The summed E-state index contributed by atoms with van der Waals surface area (Å²) in [5.41, 5.74) is 2.51. The summed E-state index contributed by atoms with van der Waals surface area (Å²) in [5, 5.41) is 4.84. The van der Waals surface area contributed by atoms with Crippen LogP contribution >= 0.6 is 0 Å². The van der Waals surface area contributed by atoms with Crippen LogP contribution in [0.15, 0.2) is 65.4 Å². The number of aromatic nitrogens is 3. The molecule has 0 bridgehead atoms. The number of carbonyl (C=O) groups is 1. The van der Waals surface area contributed by atoms with E-state index in [0.717, 1.165) is 30.6 Å². The molecule has 1 amide bonds. The maximum Gasteiger partial charge on any atom is 0.263 e. The first kappa shape index (κ1) is 20.1. The Morgan fingerprint density at radius 2 is 1.91 bits per heavy atom. The van der Waals surface area contributed by atoms with Gasteiger partial charge in [0.25, 0.3) is 5.71 Å². The summed E-state index contributed by atoms with van der Waals surface area (Å²) in [6.07, 6.45) is 3.12. The lowest BCUT2D eigenvalue weighted by Crippen LogP contribution is -2.44. The summed E-state index contributed by atoms with van der Waals surface area (Å²) >= 11 is 0. The van der Waals surface area contributed by atoms with E-state index in [2.05, 4.69) is 20.0 Å². The van der Waals surface area contributed by atoms with Gasteiger partial charge in [-0.15, -0.1) is 0 Å². The van der Waals surface area contributed by atoms with Crippen LogP contribution < -0.4 is 9.80 Å². The molecule has 4 aromatic rings. The summed E-state index contributed by atoms with van der Waals surface area (Å²) in [4.78, 5) is 25.7. The second kappa shape index (κ2) is 8.37. The van der Waals surface area contributed by atoms with Crippen molar-refractivity contribution < 1.29 is 13.7 Å². The molecule has 0 spiro atoms. The molecule has 1 aliphatic rings. The molecule has 1 atom stereocenters. The normalized spacial score (nSPS) is 16.3. The summed E-state index contributed by atoms with van der Waals surface area (Å²) in [6, 6.07) is 15.7. The van der Waals surface area contributed by atoms with Crippen LogP contribution in [0.4, 0.5) is 15.9 Å². The number of fused-ring (bicyclic) bond motifs is 1. The molecule has 2 aromatic heterocycles. The van der Waals surface area contributed by atoms with Crippen LogP contribution in [0.3, 0.4) is 0 Å². The van der Waals surface area contributed by atoms with Gasteiger partial charge in [0.05, 0.1) is 5.92 Å². The average molecular weight is 431 g/mol. The molecule has 8 heteroatoms. The summed E-state index contributed by atoms with van der Waals surface area (Å²) in [6.45, 7) is 1.30. The third-order valence-electron chi connectivity index (χ3n) is 5.91. The standard InChI is InChI=1S/C24H22FN5O2/c1-29(19-7-3-2-4-8-19)24(31)17-6-5-13-30(14-17)22-20-21(16-9-11-18(25)12-10-16)28-32-23(20)27-15-26-22/h2-4,7-12,15,17H,5-6,13-14H2,1H3/t17-/m0/s1. The third-order valence-corrected chi connectivity index (χ3v) is 5.91. The number of anilines is 2. The van der Waals surface area contributed by atoms with E-state index in [9.17, 15) is 9.18 Å². The van der Waals surface area contributed by atoms with Crippen molar-refractivity contribution in [2.24, 2.45) is 5.92 Å². The number of piperidine rings is 1. The molecule has 7 nitrogen and oxygen atoms in total. The Morgan fingerprint density at radius 3 is 2.69 bits per heavy atom. The van der Waals surface area contributed by atoms with Crippen LogP contribution in [-0.2, 0) is 4.79 Å². The molecule has 0 radical (unpaired) electrons. The Hall–Kier alpha value is -3.81. The van der Waals surface area contributed by atoms with Gasteiger partial charge in [-0.05, 0) is 49.2 Å². The van der Waals surface area contributed by atoms with Crippen molar-refractivity contribution in [2.45, 2.75) is 12.8 Å². The minimum atomic E-state index is -0.321. The number of amides is 1. The van der Waals surface area contributed by atoms with Gasteiger partial charge in [0.2, 0.25) is 5.91 Å². The monoisotopic (exact) mass is 431 g/mol. The van der Waals surface area contributed by atoms with Crippen molar-refractivity contribution in [3.05, 3.63) is 66.7 Å². The molecule has 2 aromatic carbocycles. The van der Waals surface area contributed by atoms with Crippen LogP contribution in [-0.4, -0.2) is 41.2 Å². The highest BCUT2D eigenvalue weighted by Crippen LogP contribution is 2.35. The van der Waals surface area contributed by atoms with Gasteiger partial charge in [-0.25, -0.2) is 9.37 Å². The molecule has 32 heavy (non-hydrogen) atoms. The van der Waals surface area contributed by atoms with Crippen molar-refractivity contribution in [3.63, 3.8) is 0 Å². The smallest absolute Gasteiger partial charge is 0.263 e. The lowest BCUT2D eigenvalue weighted by Gasteiger charge is -2.34. The number of hydrogen-bond acceptors (Lipinski definition) is 6. The van der Waals surface area contributed by atoms with E-state index < -0.39 is 0 Å². The fraction of sp³-hybridized carbons (Fsp3) is 0.250. The highest BCUT2D eigenvalue weighted by atomic mass is 19.1. The van der Waals surface area contributed by atoms with Gasteiger partial charge in [0.15, 0.2) is 0 Å². The highest BCUT2D eigenvalue weighted by molar-refractivity contribution is 5.99. The minimum absolute atomic E-state index is 0.0790. The van der Waals surface area contributed by atoms with Gasteiger partial charge >= 0.3 is 0 Å². The topological polar surface area (TPSA) is 75.4 Å². The van der Waals surface area contributed by atoms with E-state index in [1.807, 2.05) is 37.4 Å². The van der Waals surface area contributed by atoms with Gasteiger partial charge in [0.1, 0.15) is 29.0 Å². The Labute approximate surface area is 184 Å². The van der Waals surface area contributed by atoms with Gasteiger partial charge < -0.3 is 14.3 Å². The number of benzene rings is 2. The molecular weight excluding hydrogens is 409 g/mol. The van der Waals surface area contributed by atoms with Crippen LogP contribution in [0, 0.1) is 11.7 Å².